The van der Waals surface area contributed by atoms with Crippen LogP contribution in [0.25, 0.3) is 43.8 Å². The molecule has 0 amide bonds. The Balaban J connectivity index is 1.11. The van der Waals surface area contributed by atoms with Gasteiger partial charge in [-0.05, 0) is 30.3 Å². The number of aromatic hydroxyl groups is 15. The minimum atomic E-state index is -2.61. The molecule has 402 valence electrons. The van der Waals surface area contributed by atoms with Crippen molar-refractivity contribution in [3.63, 3.8) is 0 Å². The lowest BCUT2D eigenvalue weighted by molar-refractivity contribution is -0.284. The van der Waals surface area contributed by atoms with Crippen LogP contribution in [0.3, 0.4) is 0 Å². The molecule has 8 aromatic rings. The number of hydrogen-bond donors (Lipinski definition) is 16. The van der Waals surface area contributed by atoms with Crippen molar-refractivity contribution in [1.82, 2.24) is 0 Å². The van der Waals surface area contributed by atoms with Gasteiger partial charge in [0.25, 0.3) is 0 Å². The third kappa shape index (κ3) is 7.66. The number of carbonyl (C=O) groups excluding carboxylic acids is 4. The normalized spacial score (nSPS) is 18.1. The molecule has 0 unspecified atom stereocenters. The lowest BCUT2D eigenvalue weighted by Gasteiger charge is -2.43. The standard InChI is InChI=1S/C48H30O30/c49-15-1-9(2-16(50)27(15)55)42(64)71-8-22-37(40-41(48(70)73-22)78-44(66)11-4-18(52)29(57)34(62)24(11)23-10(43(65)77-40)3-17(51)28(56)33(23)61)74-47(69)14-6-19(53)30(58)35(63)36(14)72-21-7-13-26-25-12(45(67)76-39(26)32(21)60)5-20(54)31(59)38(25)75-46(13)68/h1-7,22,37,40-41,48-63,70H,8H2/t22-,37-,40+,41-,48+/m0/s1. The van der Waals surface area contributed by atoms with E-state index >= 15 is 0 Å². The zero-order chi connectivity index (χ0) is 56.4. The Morgan fingerprint density at radius 2 is 0.974 bits per heavy atom. The van der Waals surface area contributed by atoms with Gasteiger partial charge in [0.15, 0.2) is 99.0 Å². The fourth-order valence-corrected chi connectivity index (χ4v) is 8.71. The molecular weight excluding hydrogens is 1060 g/mol. The van der Waals surface area contributed by atoms with E-state index in [1.165, 1.54) is 0 Å². The van der Waals surface area contributed by atoms with Gasteiger partial charge in [-0.3, -0.25) is 0 Å². The second-order valence-corrected chi connectivity index (χ2v) is 17.0. The van der Waals surface area contributed by atoms with Crippen LogP contribution in [0.15, 0.2) is 60.9 Å². The van der Waals surface area contributed by atoms with Crippen molar-refractivity contribution in [2.75, 3.05) is 6.61 Å². The van der Waals surface area contributed by atoms with E-state index in [4.69, 9.17) is 37.3 Å². The molecule has 2 aromatic heterocycles. The first-order valence-electron chi connectivity index (χ1n) is 21.6. The predicted octanol–water partition coefficient (Wildman–Crippen LogP) is 2.40. The number of phenols is 15. The average molecular weight is 1090 g/mol. The number of aliphatic hydroxyl groups excluding tert-OH is 1. The molecule has 0 bridgehead atoms. The summed E-state index contributed by atoms with van der Waals surface area (Å²) in [6.07, 6.45) is -12.4. The molecule has 6 aromatic carbocycles. The average Bonchev–Trinajstić information content (AvgIpc) is 3.43. The van der Waals surface area contributed by atoms with E-state index in [2.05, 4.69) is 0 Å². The number of esters is 4. The Labute approximate surface area is 425 Å². The molecule has 2 aliphatic rings. The smallest absolute Gasteiger partial charge is 0.344 e. The van der Waals surface area contributed by atoms with Gasteiger partial charge in [-0.25, -0.2) is 28.8 Å². The molecular formula is C48H30O30. The Morgan fingerprint density at radius 3 is 1.54 bits per heavy atom. The molecule has 16 N–H and O–H groups in total. The summed E-state index contributed by atoms with van der Waals surface area (Å²) in [5.41, 5.74) is -10.5. The summed E-state index contributed by atoms with van der Waals surface area (Å²) in [5, 5.41) is 168. The second-order valence-electron chi connectivity index (χ2n) is 17.0. The van der Waals surface area contributed by atoms with Crippen molar-refractivity contribution >= 4 is 56.6 Å². The first kappa shape index (κ1) is 50.4. The number of ether oxygens (including phenoxy) is 6. The van der Waals surface area contributed by atoms with E-state index in [0.29, 0.717) is 36.4 Å². The number of hydrogen-bond acceptors (Lipinski definition) is 30. The summed E-state index contributed by atoms with van der Waals surface area (Å²) in [4.78, 5) is 83.1. The van der Waals surface area contributed by atoms with Crippen LogP contribution < -0.4 is 16.0 Å². The Bertz CT molecular complexity index is 4070. The first-order valence-corrected chi connectivity index (χ1v) is 21.6. The van der Waals surface area contributed by atoms with E-state index in [-0.39, 0.29) is 5.39 Å². The largest absolute Gasteiger partial charge is 0.504 e. The Hall–Kier alpha value is -11.1. The number of phenolic OH excluding ortho intramolecular Hbond substituents is 15. The third-order valence-electron chi connectivity index (χ3n) is 12.4. The monoisotopic (exact) mass is 1090 g/mol. The number of fused-ring (bicyclic) bond motifs is 4. The van der Waals surface area contributed by atoms with Crippen molar-refractivity contribution in [2.24, 2.45) is 0 Å². The van der Waals surface area contributed by atoms with Crippen molar-refractivity contribution in [3.05, 3.63) is 85.6 Å². The van der Waals surface area contributed by atoms with Crippen LogP contribution in [-0.4, -0.2) is 143 Å². The topological polar surface area (TPSA) is 508 Å². The summed E-state index contributed by atoms with van der Waals surface area (Å²) in [6, 6.07) is 3.80. The van der Waals surface area contributed by atoms with Gasteiger partial charge in [0.05, 0.1) is 27.5 Å². The molecule has 5 atom stereocenters. The SMILES string of the molecule is O=C(OC[C@@H]1O[C@@H](O)[C@H]2OC(=O)c3cc(O)c(O)c(O)c3-c3c(cc(O)c(O)c3O)C(=O)O[C@@H]2[C@H]1OC(=O)c1cc(O)c(O)c(O)c1Oc1cc2c(=O)oc3c(O)c(O)cc4c(=O)oc(c1O)c2c34)c1cc(O)c(O)c(O)c1. The van der Waals surface area contributed by atoms with E-state index in [0.717, 1.165) is 6.07 Å². The van der Waals surface area contributed by atoms with E-state index in [1.807, 2.05) is 0 Å². The predicted molar refractivity (Wildman–Crippen MR) is 246 cm³/mol. The highest BCUT2D eigenvalue weighted by Crippen LogP contribution is 2.55. The molecule has 30 nitrogen and oxygen atoms in total. The fraction of sp³-hybridized carbons (Fsp3) is 0.125. The van der Waals surface area contributed by atoms with Crippen LogP contribution in [-0.2, 0) is 23.7 Å². The molecule has 1 fully saturated rings. The summed E-state index contributed by atoms with van der Waals surface area (Å²) < 4.78 is 43.6. The number of aliphatic hydroxyl groups is 1. The third-order valence-corrected chi connectivity index (χ3v) is 12.4. The molecule has 10 rings (SSSR count). The van der Waals surface area contributed by atoms with Gasteiger partial charge < -0.3 is 119 Å². The quantitative estimate of drug-likeness (QED) is 0.0358. The van der Waals surface area contributed by atoms with Crippen LogP contribution in [0.4, 0.5) is 0 Å². The fourth-order valence-electron chi connectivity index (χ4n) is 8.71. The van der Waals surface area contributed by atoms with E-state index in [9.17, 15) is 110 Å². The molecule has 0 aliphatic carbocycles. The van der Waals surface area contributed by atoms with E-state index in [1.54, 1.807) is 0 Å². The maximum absolute atomic E-state index is 14.7. The van der Waals surface area contributed by atoms with Gasteiger partial charge in [-0.1, -0.05) is 0 Å². The summed E-state index contributed by atoms with van der Waals surface area (Å²) in [5.74, 6) is -28.2. The lowest BCUT2D eigenvalue weighted by atomic mass is 9.91. The highest BCUT2D eigenvalue weighted by Gasteiger charge is 2.54. The van der Waals surface area contributed by atoms with Crippen LogP contribution in [0.2, 0.25) is 0 Å². The van der Waals surface area contributed by atoms with Gasteiger partial charge in [-0.15, -0.1) is 0 Å². The van der Waals surface area contributed by atoms with Crippen molar-refractivity contribution in [2.45, 2.75) is 30.7 Å². The van der Waals surface area contributed by atoms with Crippen LogP contribution in [0.1, 0.15) is 41.4 Å². The Morgan fingerprint density at radius 1 is 0.500 bits per heavy atom. The van der Waals surface area contributed by atoms with Crippen molar-refractivity contribution < 1.29 is 138 Å². The second kappa shape index (κ2) is 17.8. The van der Waals surface area contributed by atoms with E-state index < -0.39 is 231 Å². The molecule has 0 saturated carbocycles. The number of carbonyl (C=O) groups is 4. The number of rotatable bonds is 7. The zero-order valence-corrected chi connectivity index (χ0v) is 38.0. The van der Waals surface area contributed by atoms with Gasteiger partial charge in [-0.2, -0.15) is 0 Å². The van der Waals surface area contributed by atoms with Gasteiger partial charge >= 0.3 is 35.1 Å². The van der Waals surface area contributed by atoms with Gasteiger partial charge in [0.1, 0.15) is 18.3 Å². The molecule has 2 aliphatic heterocycles. The minimum absolute atomic E-state index is 0.339. The van der Waals surface area contributed by atoms with Crippen LogP contribution >= 0.6 is 0 Å². The Kier molecular flexibility index (Phi) is 11.5. The molecule has 0 spiro atoms. The minimum Gasteiger partial charge on any atom is -0.504 e. The van der Waals surface area contributed by atoms with Crippen LogP contribution in [0.5, 0.6) is 97.7 Å². The molecule has 4 heterocycles. The first-order chi connectivity index (χ1) is 36.8. The highest BCUT2D eigenvalue weighted by atomic mass is 16.7. The van der Waals surface area contributed by atoms with Gasteiger partial charge in [0.2, 0.25) is 34.5 Å². The van der Waals surface area contributed by atoms with Crippen molar-refractivity contribution in [1.29, 1.82) is 0 Å². The highest BCUT2D eigenvalue weighted by molar-refractivity contribution is 6.22. The van der Waals surface area contributed by atoms with Crippen molar-refractivity contribution in [3.8, 4) is 109 Å². The summed E-state index contributed by atoms with van der Waals surface area (Å²) in [7, 11) is 0. The van der Waals surface area contributed by atoms with Gasteiger partial charge in [0, 0.05) is 34.0 Å². The summed E-state index contributed by atoms with van der Waals surface area (Å²) in [6.45, 7) is -1.28. The van der Waals surface area contributed by atoms with Crippen LogP contribution in [0, 0.1) is 0 Å². The zero-order valence-electron chi connectivity index (χ0n) is 38.0. The molecule has 1 saturated heterocycles. The molecule has 0 radical (unpaired) electrons. The maximum atomic E-state index is 14.7. The maximum Gasteiger partial charge on any atom is 0.344 e. The summed E-state index contributed by atoms with van der Waals surface area (Å²) >= 11 is 0. The lowest BCUT2D eigenvalue weighted by Crippen LogP contribution is -2.62. The number of benzene rings is 6. The molecule has 78 heavy (non-hydrogen) atoms. The molecule has 30 heteroatoms.